The van der Waals surface area contributed by atoms with Crippen LogP contribution in [0.2, 0.25) is 5.15 Å². The van der Waals surface area contributed by atoms with Crippen molar-refractivity contribution in [2.75, 3.05) is 11.8 Å². The fourth-order valence-electron chi connectivity index (χ4n) is 1.66. The lowest BCUT2D eigenvalue weighted by Crippen LogP contribution is -2.14. The Morgan fingerprint density at radius 2 is 2.00 bits per heavy atom. The van der Waals surface area contributed by atoms with E-state index in [0.717, 1.165) is 5.56 Å². The number of nitrogens with zero attached hydrogens (tertiary/aromatic N) is 1. The van der Waals surface area contributed by atoms with Crippen molar-refractivity contribution in [1.82, 2.24) is 4.98 Å². The molecule has 5 nitrogen and oxygen atoms in total. The number of aromatic nitrogens is 1. The summed E-state index contributed by atoms with van der Waals surface area (Å²) in [6.07, 6.45) is 1.34. The summed E-state index contributed by atoms with van der Waals surface area (Å²) in [7, 11) is -2.26. The van der Waals surface area contributed by atoms with Gasteiger partial charge in [-0.1, -0.05) is 17.7 Å². The highest BCUT2D eigenvalue weighted by atomic mass is 35.5. The van der Waals surface area contributed by atoms with Crippen LogP contribution in [0, 0.1) is 6.92 Å². The third-order valence-corrected chi connectivity index (χ3v) is 4.18. The predicted octanol–water partition coefficient (Wildman–Crippen LogP) is 2.85. The molecule has 0 spiro atoms. The molecule has 0 fully saturated rings. The zero-order chi connectivity index (χ0) is 14.8. The van der Waals surface area contributed by atoms with Gasteiger partial charge in [0.2, 0.25) is 0 Å². The van der Waals surface area contributed by atoms with Gasteiger partial charge in [-0.15, -0.1) is 0 Å². The van der Waals surface area contributed by atoms with E-state index in [2.05, 4.69) is 9.71 Å². The van der Waals surface area contributed by atoms with Gasteiger partial charge in [-0.05, 0) is 36.8 Å². The molecule has 106 valence electrons. The fraction of sp³-hybridized carbons (Fsp3) is 0.154. The first kappa shape index (κ1) is 14.6. The van der Waals surface area contributed by atoms with Crippen molar-refractivity contribution in [2.24, 2.45) is 0 Å². The van der Waals surface area contributed by atoms with Crippen LogP contribution in [0.5, 0.6) is 5.75 Å². The van der Waals surface area contributed by atoms with Crippen LogP contribution in [0.4, 0.5) is 5.69 Å². The maximum atomic E-state index is 12.3. The molecule has 0 aliphatic rings. The van der Waals surface area contributed by atoms with Crippen LogP contribution in [-0.2, 0) is 10.0 Å². The van der Waals surface area contributed by atoms with E-state index < -0.39 is 10.0 Å². The quantitative estimate of drug-likeness (QED) is 0.881. The van der Waals surface area contributed by atoms with E-state index in [9.17, 15) is 8.42 Å². The number of anilines is 1. The third-order valence-electron chi connectivity index (χ3n) is 2.61. The van der Waals surface area contributed by atoms with Crippen molar-refractivity contribution in [1.29, 1.82) is 0 Å². The zero-order valence-corrected chi connectivity index (χ0v) is 12.5. The second kappa shape index (κ2) is 5.68. The summed E-state index contributed by atoms with van der Waals surface area (Å²) in [5.41, 5.74) is 1.29. The molecule has 0 unspecified atom stereocenters. The first-order valence-electron chi connectivity index (χ1n) is 5.71. The number of pyridine rings is 1. The average Bonchev–Trinajstić information content (AvgIpc) is 2.38. The Hall–Kier alpha value is -1.79. The molecule has 0 aliphatic carbocycles. The van der Waals surface area contributed by atoms with Crippen LogP contribution in [0.25, 0.3) is 0 Å². The van der Waals surface area contributed by atoms with Gasteiger partial charge in [0.25, 0.3) is 10.0 Å². The topological polar surface area (TPSA) is 68.3 Å². The number of nitrogens with one attached hydrogen (secondary N) is 1. The second-order valence-corrected chi connectivity index (χ2v) is 6.19. The van der Waals surface area contributed by atoms with Crippen LogP contribution in [0.15, 0.2) is 41.4 Å². The van der Waals surface area contributed by atoms with Crippen molar-refractivity contribution < 1.29 is 13.2 Å². The van der Waals surface area contributed by atoms with Crippen LogP contribution >= 0.6 is 11.6 Å². The largest absolute Gasteiger partial charge is 0.495 e. The molecule has 0 saturated heterocycles. The molecule has 0 amide bonds. The van der Waals surface area contributed by atoms with E-state index in [-0.39, 0.29) is 10.0 Å². The molecule has 20 heavy (non-hydrogen) atoms. The molecule has 0 saturated carbocycles. The second-order valence-electron chi connectivity index (χ2n) is 4.12. The van der Waals surface area contributed by atoms with Gasteiger partial charge in [0, 0.05) is 6.20 Å². The predicted molar refractivity (Wildman–Crippen MR) is 77.8 cm³/mol. The Morgan fingerprint density at radius 3 is 2.65 bits per heavy atom. The molecule has 1 heterocycles. The molecule has 1 aromatic carbocycles. The minimum Gasteiger partial charge on any atom is -0.495 e. The Morgan fingerprint density at radius 1 is 1.25 bits per heavy atom. The number of halogens is 1. The molecule has 0 radical (unpaired) electrons. The van der Waals surface area contributed by atoms with Crippen molar-refractivity contribution in [3.05, 3.63) is 47.2 Å². The number of hydrogen-bond donors (Lipinski definition) is 1. The van der Waals surface area contributed by atoms with Gasteiger partial charge in [0.05, 0.1) is 17.7 Å². The molecule has 0 atom stereocenters. The normalized spacial score (nSPS) is 11.2. The molecule has 2 rings (SSSR count). The Bertz CT molecular complexity index is 732. The number of methoxy groups -OCH3 is 1. The Labute approximate surface area is 122 Å². The first-order chi connectivity index (χ1) is 9.42. The van der Waals surface area contributed by atoms with Crippen molar-refractivity contribution >= 4 is 27.3 Å². The molecule has 2 aromatic rings. The minimum atomic E-state index is -3.74. The third kappa shape index (κ3) is 3.20. The summed E-state index contributed by atoms with van der Waals surface area (Å²) >= 11 is 5.71. The highest BCUT2D eigenvalue weighted by Crippen LogP contribution is 2.28. The molecular formula is C13H13ClN2O3S. The standard InChI is InChI=1S/C13H13ClN2O3S/c1-9-3-4-12(19-2)11(7-9)16-20(17,18)10-5-6-15-13(14)8-10/h3-8,16H,1-2H3. The van der Waals surface area contributed by atoms with E-state index >= 15 is 0 Å². The Balaban J connectivity index is 2.40. The van der Waals surface area contributed by atoms with Gasteiger partial charge < -0.3 is 4.74 Å². The van der Waals surface area contributed by atoms with Gasteiger partial charge in [0.1, 0.15) is 10.9 Å². The molecule has 1 aromatic heterocycles. The van der Waals surface area contributed by atoms with E-state index in [1.165, 1.54) is 25.4 Å². The Kier molecular flexibility index (Phi) is 4.15. The van der Waals surface area contributed by atoms with Gasteiger partial charge in [-0.3, -0.25) is 4.72 Å². The summed E-state index contributed by atoms with van der Waals surface area (Å²) < 4.78 is 32.2. The maximum Gasteiger partial charge on any atom is 0.262 e. The average molecular weight is 313 g/mol. The molecule has 0 bridgehead atoms. The van der Waals surface area contributed by atoms with E-state index in [1.54, 1.807) is 12.1 Å². The highest BCUT2D eigenvalue weighted by molar-refractivity contribution is 7.92. The number of ether oxygens (including phenoxy) is 1. The number of sulfonamides is 1. The SMILES string of the molecule is COc1ccc(C)cc1NS(=O)(=O)c1ccnc(Cl)c1. The number of rotatable bonds is 4. The lowest BCUT2D eigenvalue weighted by molar-refractivity contribution is 0.417. The molecular weight excluding hydrogens is 300 g/mol. The smallest absolute Gasteiger partial charge is 0.262 e. The summed E-state index contributed by atoms with van der Waals surface area (Å²) in [6, 6.07) is 7.88. The highest BCUT2D eigenvalue weighted by Gasteiger charge is 2.17. The summed E-state index contributed by atoms with van der Waals surface area (Å²) in [5, 5.41) is 0.115. The fourth-order valence-corrected chi connectivity index (χ4v) is 2.97. The number of aryl methyl sites for hydroxylation is 1. The lowest BCUT2D eigenvalue weighted by atomic mass is 10.2. The van der Waals surface area contributed by atoms with Crippen LogP contribution < -0.4 is 9.46 Å². The van der Waals surface area contributed by atoms with Crippen LogP contribution in [0.1, 0.15) is 5.56 Å². The lowest BCUT2D eigenvalue weighted by Gasteiger charge is -2.12. The maximum absolute atomic E-state index is 12.3. The van der Waals surface area contributed by atoms with Crippen molar-refractivity contribution in [3.8, 4) is 5.75 Å². The van der Waals surface area contributed by atoms with Crippen molar-refractivity contribution in [2.45, 2.75) is 11.8 Å². The van der Waals surface area contributed by atoms with Gasteiger partial charge in [0.15, 0.2) is 0 Å². The summed E-state index contributed by atoms with van der Waals surface area (Å²) in [4.78, 5) is 3.80. The van der Waals surface area contributed by atoms with E-state index in [1.807, 2.05) is 13.0 Å². The molecule has 1 N–H and O–H groups in total. The first-order valence-corrected chi connectivity index (χ1v) is 7.57. The van der Waals surface area contributed by atoms with E-state index in [4.69, 9.17) is 16.3 Å². The minimum absolute atomic E-state index is 0.0426. The molecule has 0 aliphatic heterocycles. The zero-order valence-electron chi connectivity index (χ0n) is 10.9. The van der Waals surface area contributed by atoms with Gasteiger partial charge >= 0.3 is 0 Å². The summed E-state index contributed by atoms with van der Waals surface area (Å²) in [6.45, 7) is 1.86. The van der Waals surface area contributed by atoms with Gasteiger partial charge in [-0.25, -0.2) is 13.4 Å². The molecule has 7 heteroatoms. The number of hydrogen-bond acceptors (Lipinski definition) is 4. The summed E-state index contributed by atoms with van der Waals surface area (Å²) in [5.74, 6) is 0.444. The van der Waals surface area contributed by atoms with E-state index in [0.29, 0.717) is 11.4 Å². The number of benzene rings is 1. The van der Waals surface area contributed by atoms with Gasteiger partial charge in [-0.2, -0.15) is 0 Å². The van der Waals surface area contributed by atoms with Crippen LogP contribution in [-0.4, -0.2) is 20.5 Å². The van der Waals surface area contributed by atoms with Crippen molar-refractivity contribution in [3.63, 3.8) is 0 Å². The monoisotopic (exact) mass is 312 g/mol. The van der Waals surface area contributed by atoms with Crippen LogP contribution in [0.3, 0.4) is 0 Å².